The van der Waals surface area contributed by atoms with Crippen LogP contribution < -0.4 is 0 Å². The summed E-state index contributed by atoms with van der Waals surface area (Å²) in [7, 11) is -29.5. The van der Waals surface area contributed by atoms with Crippen molar-refractivity contribution in [2.45, 2.75) is 61.2 Å². The van der Waals surface area contributed by atoms with Gasteiger partial charge in [0.1, 0.15) is 0 Å². The van der Waals surface area contributed by atoms with E-state index in [0.29, 0.717) is 0 Å². The van der Waals surface area contributed by atoms with E-state index >= 15 is 0 Å². The fourth-order valence-electron chi connectivity index (χ4n) is 3.41. The fourth-order valence-corrected chi connectivity index (χ4v) is 23.2. The Morgan fingerprint density at radius 2 is 0.543 bits per heavy atom. The predicted octanol–water partition coefficient (Wildman–Crippen LogP) is 1.95. The summed E-state index contributed by atoms with van der Waals surface area (Å²) in [6.07, 6.45) is -2.23. The standard InChI is InChI=1S/C18H38O18S10/c1-7-31-41(19,20)17(42(21,22)32-8-2,43(23,24)33-9-3)13-15-37-39-40-38-16-14-18(44(25,26)34-10-4,45(27,28)35-11-5)46(29,30)36-12-6/h7-16H2,1-6H3. The van der Waals surface area contributed by atoms with E-state index in [1.54, 1.807) is 0 Å². The second-order valence-electron chi connectivity index (χ2n) is 7.81. The molecule has 0 aliphatic rings. The molecule has 0 radical (unpaired) electrons. The largest absolute Gasteiger partial charge is 0.346 e. The van der Waals surface area contributed by atoms with Crippen molar-refractivity contribution in [2.24, 2.45) is 0 Å². The molecule has 0 saturated carbocycles. The van der Waals surface area contributed by atoms with Gasteiger partial charge in [-0.15, -0.1) is 0 Å². The van der Waals surface area contributed by atoms with Gasteiger partial charge in [0.15, 0.2) is 0 Å². The molecule has 0 saturated heterocycles. The molecule has 0 N–H and O–H groups in total. The Morgan fingerprint density at radius 3 is 0.696 bits per heavy atom. The molecule has 278 valence electrons. The van der Waals surface area contributed by atoms with Crippen LogP contribution in [0.2, 0.25) is 0 Å². The van der Waals surface area contributed by atoms with Gasteiger partial charge in [0, 0.05) is 24.3 Å². The first-order valence-corrected chi connectivity index (χ1v) is 26.6. The number of rotatable bonds is 27. The van der Waals surface area contributed by atoms with Crippen LogP contribution in [0.25, 0.3) is 0 Å². The van der Waals surface area contributed by atoms with Crippen molar-refractivity contribution < 1.29 is 75.6 Å². The highest BCUT2D eigenvalue weighted by atomic mass is 33.7. The minimum absolute atomic E-state index is 0.483. The van der Waals surface area contributed by atoms with Gasteiger partial charge in [-0.3, -0.25) is 25.1 Å². The third-order valence-corrected chi connectivity index (χ3v) is 27.9. The Hall–Kier alpha value is 0.860. The van der Waals surface area contributed by atoms with Gasteiger partial charge in [-0.1, -0.05) is 21.6 Å². The molecule has 0 aromatic carbocycles. The van der Waals surface area contributed by atoms with E-state index in [4.69, 9.17) is 0 Å². The molecule has 46 heavy (non-hydrogen) atoms. The fraction of sp³-hybridized carbons (Fsp3) is 1.00. The van der Waals surface area contributed by atoms with E-state index in [1.807, 2.05) is 0 Å². The van der Waals surface area contributed by atoms with Crippen LogP contribution in [0.1, 0.15) is 54.4 Å². The topological polar surface area (TPSA) is 260 Å². The average molecular weight is 863 g/mol. The molecule has 18 nitrogen and oxygen atoms in total. The molecule has 0 rings (SSSR count). The highest BCUT2D eigenvalue weighted by molar-refractivity contribution is 9.26. The molecule has 0 aromatic heterocycles. The first kappa shape index (κ1) is 46.9. The summed E-state index contributed by atoms with van der Waals surface area (Å²) in [6.45, 7) is 3.47. The minimum Gasteiger partial charge on any atom is -0.268 e. The molecule has 0 bridgehead atoms. The maximum atomic E-state index is 13.0. The zero-order chi connectivity index (χ0) is 36.1. The zero-order valence-electron chi connectivity index (χ0n) is 25.5. The van der Waals surface area contributed by atoms with Crippen LogP contribution in [-0.4, -0.2) is 108 Å². The predicted molar refractivity (Wildman–Crippen MR) is 178 cm³/mol. The Morgan fingerprint density at radius 1 is 0.370 bits per heavy atom. The molecule has 0 aromatic rings. The van der Waals surface area contributed by atoms with Gasteiger partial charge in [0.25, 0.3) is 0 Å². The summed E-state index contributed by atoms with van der Waals surface area (Å²) < 4.78 is 177. The van der Waals surface area contributed by atoms with Gasteiger partial charge in [-0.05, 0) is 61.2 Å². The molecule has 0 aliphatic carbocycles. The van der Waals surface area contributed by atoms with Gasteiger partial charge in [-0.2, -0.15) is 50.5 Å². The highest BCUT2D eigenvalue weighted by Gasteiger charge is 2.69. The molecular weight excluding hydrogens is 825 g/mol. The van der Waals surface area contributed by atoms with E-state index < -0.39 is 132 Å². The monoisotopic (exact) mass is 862 g/mol. The Kier molecular flexibility index (Phi) is 19.8. The van der Waals surface area contributed by atoms with Crippen LogP contribution >= 0.6 is 41.2 Å². The van der Waals surface area contributed by atoms with E-state index in [1.165, 1.54) is 41.5 Å². The lowest BCUT2D eigenvalue weighted by molar-refractivity contribution is 0.294. The molecule has 0 spiro atoms. The molecule has 0 amide bonds. The Labute approximate surface area is 287 Å². The van der Waals surface area contributed by atoms with Crippen molar-refractivity contribution >= 4 is 102 Å². The minimum atomic E-state index is -5.43. The second kappa shape index (κ2) is 19.5. The maximum Gasteiger partial charge on any atom is 0.346 e. The summed E-state index contributed by atoms with van der Waals surface area (Å²) in [5.74, 6) is -0.966. The highest BCUT2D eigenvalue weighted by Crippen LogP contribution is 2.48. The average Bonchev–Trinajstić information content (AvgIpc) is 2.88. The third-order valence-electron chi connectivity index (χ3n) is 5.03. The summed E-state index contributed by atoms with van der Waals surface area (Å²) in [5, 5.41) is 0. The first-order valence-electron chi connectivity index (χ1n) is 13.0. The van der Waals surface area contributed by atoms with Crippen LogP contribution in [0.4, 0.5) is 0 Å². The molecule has 0 aliphatic heterocycles. The zero-order valence-corrected chi connectivity index (χ0v) is 33.7. The van der Waals surface area contributed by atoms with Gasteiger partial charge in [-0.25, -0.2) is 0 Å². The van der Waals surface area contributed by atoms with Crippen molar-refractivity contribution in [3.63, 3.8) is 0 Å². The first-order chi connectivity index (χ1) is 21.1. The number of hydrogen-bond donors (Lipinski definition) is 0. The quantitative estimate of drug-likeness (QED) is 0.0649. The SMILES string of the molecule is CCOS(=O)(=O)C(CCSSSSCCC(S(=O)(=O)OCC)(S(=O)(=O)OCC)S(=O)(=O)OCC)(S(=O)(=O)OCC)S(=O)(=O)OCC. The van der Waals surface area contributed by atoms with Crippen LogP contribution in [0, 0.1) is 0 Å². The van der Waals surface area contributed by atoms with Gasteiger partial charge in [0.2, 0.25) is 0 Å². The Balaban J connectivity index is 6.17. The van der Waals surface area contributed by atoms with Crippen LogP contribution in [0.15, 0.2) is 0 Å². The summed E-state index contributed by atoms with van der Waals surface area (Å²) in [5.41, 5.74) is 0. The van der Waals surface area contributed by atoms with E-state index in [0.717, 1.165) is 41.2 Å². The molecule has 0 fully saturated rings. The van der Waals surface area contributed by atoms with Crippen molar-refractivity contribution in [1.29, 1.82) is 0 Å². The van der Waals surface area contributed by atoms with E-state index in [-0.39, 0.29) is 0 Å². The van der Waals surface area contributed by atoms with E-state index in [2.05, 4.69) is 25.1 Å². The lowest BCUT2D eigenvalue weighted by atomic mass is 10.5. The molecule has 0 heterocycles. The number of hydrogen-bond acceptors (Lipinski definition) is 22. The van der Waals surface area contributed by atoms with E-state index in [9.17, 15) is 50.5 Å². The molecular formula is C18H38O18S10. The van der Waals surface area contributed by atoms with Crippen molar-refractivity contribution in [3.8, 4) is 0 Å². The van der Waals surface area contributed by atoms with Gasteiger partial charge >= 0.3 is 67.5 Å². The van der Waals surface area contributed by atoms with Crippen LogP contribution in [0.3, 0.4) is 0 Å². The molecule has 0 atom stereocenters. The summed E-state index contributed by atoms with van der Waals surface area (Å²) in [4.78, 5) is 0. The maximum absolute atomic E-state index is 13.0. The third kappa shape index (κ3) is 10.2. The summed E-state index contributed by atoms with van der Waals surface area (Å²) in [6, 6.07) is 0. The molecule has 0 unspecified atom stereocenters. The van der Waals surface area contributed by atoms with Crippen LogP contribution in [-0.2, 0) is 85.8 Å². The normalized spacial score (nSPS) is 14.5. The van der Waals surface area contributed by atoms with Crippen LogP contribution in [0.5, 0.6) is 0 Å². The van der Waals surface area contributed by atoms with Crippen molar-refractivity contribution in [2.75, 3.05) is 51.1 Å². The lowest BCUT2D eigenvalue weighted by Gasteiger charge is -2.29. The lowest BCUT2D eigenvalue weighted by Crippen LogP contribution is -2.55. The molecule has 28 heteroatoms. The van der Waals surface area contributed by atoms with Crippen molar-refractivity contribution in [1.82, 2.24) is 0 Å². The Bertz CT molecular complexity index is 1300. The van der Waals surface area contributed by atoms with Gasteiger partial charge < -0.3 is 0 Å². The smallest absolute Gasteiger partial charge is 0.268 e. The van der Waals surface area contributed by atoms with Gasteiger partial charge in [0.05, 0.1) is 39.6 Å². The second-order valence-corrected chi connectivity index (χ2v) is 26.6. The van der Waals surface area contributed by atoms with Crippen molar-refractivity contribution in [3.05, 3.63) is 0 Å². The summed E-state index contributed by atoms with van der Waals surface area (Å²) >= 11 is 0.